The van der Waals surface area contributed by atoms with Crippen molar-refractivity contribution >= 4 is 16.8 Å². The molecule has 172 valence electrons. The standard InChI is InChI=1S/C26H24N4O4/c27-16-19-8-1-2-9-20(19)18-30-23-12-4-3-11-22(23)25(32)29(26(30)33)14-6-5-13-24(31)28-17-21-10-7-15-34-21/h1-4,7-12,15H,5-6,13-14,17-18H2,(H,28,31). The Balaban J connectivity index is 1.51. The molecule has 8 heteroatoms. The van der Waals surface area contributed by atoms with Gasteiger partial charge in [0, 0.05) is 13.0 Å². The maximum atomic E-state index is 13.3. The molecule has 0 saturated carbocycles. The van der Waals surface area contributed by atoms with Crippen LogP contribution in [-0.2, 0) is 24.4 Å². The fourth-order valence-corrected chi connectivity index (χ4v) is 3.90. The second-order valence-electron chi connectivity index (χ2n) is 7.92. The van der Waals surface area contributed by atoms with E-state index in [9.17, 15) is 19.6 Å². The third kappa shape index (κ3) is 4.99. The molecule has 1 amide bonds. The first-order valence-electron chi connectivity index (χ1n) is 11.1. The summed E-state index contributed by atoms with van der Waals surface area (Å²) in [5, 5.41) is 12.6. The number of carbonyl (C=O) groups excluding carboxylic acids is 1. The van der Waals surface area contributed by atoms with Gasteiger partial charge in [0.1, 0.15) is 5.76 Å². The van der Waals surface area contributed by atoms with E-state index in [1.54, 1.807) is 60.9 Å². The number of furan rings is 1. The van der Waals surface area contributed by atoms with E-state index in [0.29, 0.717) is 47.2 Å². The van der Waals surface area contributed by atoms with Gasteiger partial charge in [-0.15, -0.1) is 0 Å². The highest BCUT2D eigenvalue weighted by Crippen LogP contribution is 2.13. The molecule has 2 aromatic carbocycles. The number of hydrogen-bond donors (Lipinski definition) is 1. The number of nitrogens with zero attached hydrogens (tertiary/aromatic N) is 3. The summed E-state index contributed by atoms with van der Waals surface area (Å²) in [6.45, 7) is 0.706. The minimum atomic E-state index is -0.432. The molecule has 0 aliphatic heterocycles. The number of fused-ring (bicyclic) bond motifs is 1. The number of benzene rings is 2. The maximum Gasteiger partial charge on any atom is 0.331 e. The zero-order chi connectivity index (χ0) is 23.9. The molecule has 0 atom stereocenters. The molecule has 0 bridgehead atoms. The minimum absolute atomic E-state index is 0.118. The van der Waals surface area contributed by atoms with E-state index < -0.39 is 5.69 Å². The van der Waals surface area contributed by atoms with Gasteiger partial charge in [-0.3, -0.25) is 18.7 Å². The predicted octanol–water partition coefficient (Wildman–Crippen LogP) is 3.16. The first-order chi connectivity index (χ1) is 16.6. The van der Waals surface area contributed by atoms with Gasteiger partial charge < -0.3 is 9.73 Å². The van der Waals surface area contributed by atoms with Crippen LogP contribution < -0.4 is 16.6 Å². The van der Waals surface area contributed by atoms with Gasteiger partial charge in [0.2, 0.25) is 5.91 Å². The number of rotatable bonds is 9. The van der Waals surface area contributed by atoms with E-state index in [1.807, 2.05) is 6.07 Å². The van der Waals surface area contributed by atoms with Crippen LogP contribution in [0.3, 0.4) is 0 Å². The van der Waals surface area contributed by atoms with Gasteiger partial charge in [-0.25, -0.2) is 4.79 Å². The summed E-state index contributed by atoms with van der Waals surface area (Å²) in [4.78, 5) is 38.4. The van der Waals surface area contributed by atoms with Crippen molar-refractivity contribution in [1.82, 2.24) is 14.5 Å². The van der Waals surface area contributed by atoms with Crippen LogP contribution in [0.15, 0.2) is 80.9 Å². The fourth-order valence-electron chi connectivity index (χ4n) is 3.90. The van der Waals surface area contributed by atoms with Gasteiger partial charge in [0.15, 0.2) is 0 Å². The van der Waals surface area contributed by atoms with Crippen LogP contribution in [0, 0.1) is 11.3 Å². The molecule has 0 fully saturated rings. The summed E-state index contributed by atoms with van der Waals surface area (Å²) >= 11 is 0. The number of unbranched alkanes of at least 4 members (excludes halogenated alkanes) is 1. The summed E-state index contributed by atoms with van der Waals surface area (Å²) in [5.74, 6) is 0.558. The molecule has 0 radical (unpaired) electrons. The van der Waals surface area contributed by atoms with Crippen LogP contribution in [0.1, 0.15) is 36.1 Å². The molecule has 2 heterocycles. The summed E-state index contributed by atoms with van der Waals surface area (Å²) < 4.78 is 7.94. The Morgan fingerprint density at radius 3 is 2.56 bits per heavy atom. The molecular formula is C26H24N4O4. The van der Waals surface area contributed by atoms with E-state index in [0.717, 1.165) is 0 Å². The van der Waals surface area contributed by atoms with Gasteiger partial charge in [-0.2, -0.15) is 5.26 Å². The van der Waals surface area contributed by atoms with E-state index >= 15 is 0 Å². The van der Waals surface area contributed by atoms with Crippen molar-refractivity contribution in [2.45, 2.75) is 38.9 Å². The summed E-state index contributed by atoms with van der Waals surface area (Å²) in [6, 6.07) is 19.8. The fraction of sp³-hybridized carbons (Fsp3) is 0.231. The van der Waals surface area contributed by atoms with Crippen molar-refractivity contribution in [2.75, 3.05) is 0 Å². The third-order valence-electron chi connectivity index (χ3n) is 5.67. The molecule has 1 N–H and O–H groups in total. The first-order valence-corrected chi connectivity index (χ1v) is 11.1. The van der Waals surface area contributed by atoms with Crippen molar-refractivity contribution in [1.29, 1.82) is 5.26 Å². The molecule has 2 aromatic heterocycles. The number of amides is 1. The van der Waals surface area contributed by atoms with Gasteiger partial charge in [-0.05, 0) is 48.7 Å². The average molecular weight is 457 g/mol. The Morgan fingerprint density at radius 1 is 0.971 bits per heavy atom. The lowest BCUT2D eigenvalue weighted by Crippen LogP contribution is -2.40. The molecule has 4 rings (SSSR count). The molecule has 0 aliphatic rings. The van der Waals surface area contributed by atoms with Gasteiger partial charge >= 0.3 is 5.69 Å². The average Bonchev–Trinajstić information content (AvgIpc) is 3.39. The number of aromatic nitrogens is 2. The van der Waals surface area contributed by atoms with Crippen LogP contribution in [0.2, 0.25) is 0 Å². The molecule has 0 aliphatic carbocycles. The number of carbonyl (C=O) groups is 1. The van der Waals surface area contributed by atoms with Crippen LogP contribution in [0.5, 0.6) is 0 Å². The van der Waals surface area contributed by atoms with E-state index in [1.165, 1.54) is 9.13 Å². The highest BCUT2D eigenvalue weighted by Gasteiger charge is 2.14. The Kier molecular flexibility index (Phi) is 7.04. The van der Waals surface area contributed by atoms with Crippen LogP contribution >= 0.6 is 0 Å². The molecule has 34 heavy (non-hydrogen) atoms. The van der Waals surface area contributed by atoms with Gasteiger partial charge in [0.25, 0.3) is 5.56 Å². The first kappa shape index (κ1) is 22.8. The Hall–Kier alpha value is -4.38. The maximum absolute atomic E-state index is 13.3. The SMILES string of the molecule is N#Cc1ccccc1Cn1c(=O)n(CCCCC(=O)NCc2ccco2)c(=O)c2ccccc21. The van der Waals surface area contributed by atoms with E-state index in [4.69, 9.17) is 4.42 Å². The van der Waals surface area contributed by atoms with Crippen molar-refractivity contribution in [3.63, 3.8) is 0 Å². The summed E-state index contributed by atoms with van der Waals surface area (Å²) in [6.07, 6.45) is 2.86. The largest absolute Gasteiger partial charge is 0.467 e. The molecule has 0 spiro atoms. The number of nitrogens with one attached hydrogen (secondary N) is 1. The van der Waals surface area contributed by atoms with Crippen molar-refractivity contribution < 1.29 is 9.21 Å². The highest BCUT2D eigenvalue weighted by molar-refractivity contribution is 5.78. The minimum Gasteiger partial charge on any atom is -0.467 e. The number of para-hydroxylation sites is 1. The molecule has 0 unspecified atom stereocenters. The summed E-state index contributed by atoms with van der Waals surface area (Å²) in [5.41, 5.74) is 0.928. The number of nitriles is 1. The second-order valence-corrected chi connectivity index (χ2v) is 7.92. The summed E-state index contributed by atoms with van der Waals surface area (Å²) in [7, 11) is 0. The monoisotopic (exact) mass is 456 g/mol. The number of hydrogen-bond acceptors (Lipinski definition) is 5. The van der Waals surface area contributed by atoms with E-state index in [2.05, 4.69) is 11.4 Å². The normalized spacial score (nSPS) is 10.8. The quantitative estimate of drug-likeness (QED) is 0.389. The van der Waals surface area contributed by atoms with Gasteiger partial charge in [-0.1, -0.05) is 30.3 Å². The second kappa shape index (κ2) is 10.5. The van der Waals surface area contributed by atoms with Crippen molar-refractivity contribution in [3.8, 4) is 6.07 Å². The molecular weight excluding hydrogens is 432 g/mol. The smallest absolute Gasteiger partial charge is 0.331 e. The lowest BCUT2D eigenvalue weighted by atomic mass is 10.1. The Bertz CT molecular complexity index is 1460. The Morgan fingerprint density at radius 2 is 1.76 bits per heavy atom. The van der Waals surface area contributed by atoms with E-state index in [-0.39, 0.29) is 31.0 Å². The molecule has 8 nitrogen and oxygen atoms in total. The highest BCUT2D eigenvalue weighted by atomic mass is 16.3. The Labute approximate surface area is 195 Å². The topological polar surface area (TPSA) is 110 Å². The van der Waals surface area contributed by atoms with Gasteiger partial charge in [0.05, 0.1) is 41.9 Å². The molecule has 4 aromatic rings. The lowest BCUT2D eigenvalue weighted by molar-refractivity contribution is -0.121. The van der Waals surface area contributed by atoms with Crippen molar-refractivity contribution in [3.05, 3.63) is 105 Å². The zero-order valence-electron chi connectivity index (χ0n) is 18.6. The molecule has 0 saturated heterocycles. The van der Waals surface area contributed by atoms with Crippen LogP contribution in [0.4, 0.5) is 0 Å². The van der Waals surface area contributed by atoms with Crippen LogP contribution in [-0.4, -0.2) is 15.0 Å². The predicted molar refractivity (Wildman–Crippen MR) is 127 cm³/mol. The third-order valence-corrected chi connectivity index (χ3v) is 5.67. The zero-order valence-corrected chi connectivity index (χ0v) is 18.6. The van der Waals surface area contributed by atoms with Crippen LogP contribution in [0.25, 0.3) is 10.9 Å². The van der Waals surface area contributed by atoms with Crippen molar-refractivity contribution in [2.24, 2.45) is 0 Å². The lowest BCUT2D eigenvalue weighted by Gasteiger charge is -2.15.